The molecule has 0 aliphatic carbocycles. The van der Waals surface area contributed by atoms with Gasteiger partial charge in [0, 0.05) is 32.0 Å². The standard InChI is InChI=1S/C20H28N2O/c1-6-20(16-8-10-17(11-9-16)21(3)4)22(7-2)18-12-14-19(23-5)15-13-18/h8-15,20H,6-7H2,1-5H3. The van der Waals surface area contributed by atoms with E-state index < -0.39 is 0 Å². The monoisotopic (exact) mass is 312 g/mol. The minimum Gasteiger partial charge on any atom is -0.497 e. The summed E-state index contributed by atoms with van der Waals surface area (Å²) in [5.41, 5.74) is 3.82. The first-order chi connectivity index (χ1) is 11.1. The second kappa shape index (κ2) is 7.91. The molecule has 0 fully saturated rings. The normalized spacial score (nSPS) is 11.9. The Balaban J connectivity index is 2.28. The molecule has 2 aromatic rings. The maximum Gasteiger partial charge on any atom is 0.119 e. The summed E-state index contributed by atoms with van der Waals surface area (Å²) >= 11 is 0. The number of rotatable bonds is 7. The molecule has 3 nitrogen and oxygen atoms in total. The molecule has 1 unspecified atom stereocenters. The van der Waals surface area contributed by atoms with Crippen LogP contribution in [-0.4, -0.2) is 27.7 Å². The predicted octanol–water partition coefficient (Wildman–Crippen LogP) is 4.74. The molecule has 0 N–H and O–H groups in total. The van der Waals surface area contributed by atoms with Crippen LogP contribution in [0.2, 0.25) is 0 Å². The number of hydrogen-bond acceptors (Lipinski definition) is 3. The Hall–Kier alpha value is -2.16. The second-order valence-corrected chi connectivity index (χ2v) is 5.89. The molecule has 0 aliphatic heterocycles. The number of ether oxygens (including phenoxy) is 1. The Morgan fingerprint density at radius 2 is 1.43 bits per heavy atom. The van der Waals surface area contributed by atoms with Gasteiger partial charge in [0.2, 0.25) is 0 Å². The number of methoxy groups -OCH3 is 1. The van der Waals surface area contributed by atoms with Crippen molar-refractivity contribution < 1.29 is 4.74 Å². The smallest absolute Gasteiger partial charge is 0.119 e. The third-order valence-electron chi connectivity index (χ3n) is 4.30. The van der Waals surface area contributed by atoms with E-state index in [2.05, 4.69) is 74.1 Å². The molecule has 0 saturated heterocycles. The van der Waals surface area contributed by atoms with Crippen molar-refractivity contribution in [2.45, 2.75) is 26.3 Å². The van der Waals surface area contributed by atoms with E-state index in [0.717, 1.165) is 18.7 Å². The van der Waals surface area contributed by atoms with E-state index in [9.17, 15) is 0 Å². The van der Waals surface area contributed by atoms with E-state index in [0.29, 0.717) is 6.04 Å². The van der Waals surface area contributed by atoms with Crippen molar-refractivity contribution in [3.05, 3.63) is 54.1 Å². The molecule has 0 aliphatic rings. The van der Waals surface area contributed by atoms with Gasteiger partial charge in [0.25, 0.3) is 0 Å². The van der Waals surface area contributed by atoms with Crippen LogP contribution in [0.4, 0.5) is 11.4 Å². The lowest BCUT2D eigenvalue weighted by Gasteiger charge is -2.33. The van der Waals surface area contributed by atoms with Crippen molar-refractivity contribution in [1.29, 1.82) is 0 Å². The van der Waals surface area contributed by atoms with Gasteiger partial charge in [-0.25, -0.2) is 0 Å². The van der Waals surface area contributed by atoms with Crippen molar-refractivity contribution in [1.82, 2.24) is 0 Å². The highest BCUT2D eigenvalue weighted by atomic mass is 16.5. The molecule has 3 heteroatoms. The number of anilines is 2. The van der Waals surface area contributed by atoms with Crippen LogP contribution in [-0.2, 0) is 0 Å². The fraction of sp³-hybridized carbons (Fsp3) is 0.400. The van der Waals surface area contributed by atoms with Crippen molar-refractivity contribution in [2.75, 3.05) is 37.5 Å². The third kappa shape index (κ3) is 3.98. The highest BCUT2D eigenvalue weighted by molar-refractivity contribution is 5.53. The summed E-state index contributed by atoms with van der Waals surface area (Å²) in [6.45, 7) is 5.43. The first-order valence-electron chi connectivity index (χ1n) is 8.28. The van der Waals surface area contributed by atoms with Crippen molar-refractivity contribution in [3.8, 4) is 5.75 Å². The van der Waals surface area contributed by atoms with Crippen LogP contribution in [0.1, 0.15) is 31.9 Å². The zero-order chi connectivity index (χ0) is 16.8. The van der Waals surface area contributed by atoms with Crippen LogP contribution >= 0.6 is 0 Å². The molecular formula is C20H28N2O. The van der Waals surface area contributed by atoms with Gasteiger partial charge in [-0.15, -0.1) is 0 Å². The lowest BCUT2D eigenvalue weighted by molar-refractivity contribution is 0.414. The Labute approximate surface area is 140 Å². The van der Waals surface area contributed by atoms with Crippen LogP contribution in [0.3, 0.4) is 0 Å². The van der Waals surface area contributed by atoms with Gasteiger partial charge >= 0.3 is 0 Å². The van der Waals surface area contributed by atoms with E-state index in [1.165, 1.54) is 16.9 Å². The van der Waals surface area contributed by atoms with Gasteiger partial charge in [-0.1, -0.05) is 19.1 Å². The molecule has 0 spiro atoms. The van der Waals surface area contributed by atoms with E-state index >= 15 is 0 Å². The zero-order valence-corrected chi connectivity index (χ0v) is 14.9. The van der Waals surface area contributed by atoms with Crippen molar-refractivity contribution >= 4 is 11.4 Å². The number of nitrogens with zero attached hydrogens (tertiary/aromatic N) is 2. The maximum absolute atomic E-state index is 5.27. The summed E-state index contributed by atoms with van der Waals surface area (Å²) in [6.07, 6.45) is 1.07. The molecule has 0 saturated carbocycles. The van der Waals surface area contributed by atoms with Crippen molar-refractivity contribution in [3.63, 3.8) is 0 Å². The minimum absolute atomic E-state index is 0.379. The Kier molecular flexibility index (Phi) is 5.91. The molecule has 0 radical (unpaired) electrons. The summed E-state index contributed by atoms with van der Waals surface area (Å²) < 4.78 is 5.27. The third-order valence-corrected chi connectivity index (χ3v) is 4.30. The van der Waals surface area contributed by atoms with Gasteiger partial charge in [-0.2, -0.15) is 0 Å². The summed E-state index contributed by atoms with van der Waals surface area (Å²) in [5.74, 6) is 0.896. The van der Waals surface area contributed by atoms with Crippen LogP contribution < -0.4 is 14.5 Å². The van der Waals surface area contributed by atoms with Crippen molar-refractivity contribution in [2.24, 2.45) is 0 Å². The first-order valence-corrected chi connectivity index (χ1v) is 8.28. The quantitative estimate of drug-likeness (QED) is 0.734. The SMILES string of the molecule is CCC(c1ccc(N(C)C)cc1)N(CC)c1ccc(OC)cc1. The van der Waals surface area contributed by atoms with Gasteiger partial charge in [0.05, 0.1) is 13.2 Å². The van der Waals surface area contributed by atoms with Crippen LogP contribution in [0.25, 0.3) is 0 Å². The first kappa shape index (κ1) is 17.2. The second-order valence-electron chi connectivity index (χ2n) is 5.89. The molecule has 2 aromatic carbocycles. The van der Waals surface area contributed by atoms with E-state index in [4.69, 9.17) is 4.74 Å². The van der Waals surface area contributed by atoms with Gasteiger partial charge in [0.1, 0.15) is 5.75 Å². The molecule has 2 rings (SSSR count). The fourth-order valence-corrected chi connectivity index (χ4v) is 2.99. The molecular weight excluding hydrogens is 284 g/mol. The van der Waals surface area contributed by atoms with Gasteiger partial charge in [-0.3, -0.25) is 0 Å². The molecule has 0 heterocycles. The Morgan fingerprint density at radius 3 is 1.87 bits per heavy atom. The molecule has 23 heavy (non-hydrogen) atoms. The topological polar surface area (TPSA) is 15.7 Å². The van der Waals surface area contributed by atoms with E-state index in [1.54, 1.807) is 7.11 Å². The zero-order valence-electron chi connectivity index (χ0n) is 14.9. The van der Waals surface area contributed by atoms with Gasteiger partial charge < -0.3 is 14.5 Å². The number of benzene rings is 2. The lowest BCUT2D eigenvalue weighted by Crippen LogP contribution is -2.28. The van der Waals surface area contributed by atoms with Crippen LogP contribution in [0.15, 0.2) is 48.5 Å². The van der Waals surface area contributed by atoms with E-state index in [-0.39, 0.29) is 0 Å². The highest BCUT2D eigenvalue weighted by Gasteiger charge is 2.18. The summed E-state index contributed by atoms with van der Waals surface area (Å²) in [6, 6.07) is 17.6. The Morgan fingerprint density at radius 1 is 0.870 bits per heavy atom. The fourth-order valence-electron chi connectivity index (χ4n) is 2.99. The average molecular weight is 312 g/mol. The summed E-state index contributed by atoms with van der Waals surface area (Å²) in [5, 5.41) is 0. The highest BCUT2D eigenvalue weighted by Crippen LogP contribution is 2.31. The largest absolute Gasteiger partial charge is 0.497 e. The van der Waals surface area contributed by atoms with Crippen LogP contribution in [0.5, 0.6) is 5.75 Å². The molecule has 1 atom stereocenters. The molecule has 0 aromatic heterocycles. The molecule has 0 amide bonds. The molecule has 124 valence electrons. The Bertz CT molecular complexity index is 590. The van der Waals surface area contributed by atoms with Gasteiger partial charge in [-0.05, 0) is 55.3 Å². The average Bonchev–Trinajstić information content (AvgIpc) is 2.60. The predicted molar refractivity (Wildman–Crippen MR) is 99.8 cm³/mol. The number of hydrogen-bond donors (Lipinski definition) is 0. The summed E-state index contributed by atoms with van der Waals surface area (Å²) in [4.78, 5) is 4.58. The maximum atomic E-state index is 5.27. The summed E-state index contributed by atoms with van der Waals surface area (Å²) in [7, 11) is 5.85. The van der Waals surface area contributed by atoms with Gasteiger partial charge in [0.15, 0.2) is 0 Å². The minimum atomic E-state index is 0.379. The lowest BCUT2D eigenvalue weighted by atomic mass is 10.0. The van der Waals surface area contributed by atoms with E-state index in [1.807, 2.05) is 12.1 Å². The van der Waals surface area contributed by atoms with Crippen LogP contribution in [0, 0.1) is 0 Å². The molecule has 0 bridgehead atoms.